The van der Waals surface area contributed by atoms with Crippen molar-refractivity contribution in [2.45, 2.75) is 87.1 Å². The van der Waals surface area contributed by atoms with Crippen molar-refractivity contribution in [1.82, 2.24) is 0 Å². The van der Waals surface area contributed by atoms with Crippen molar-refractivity contribution in [3.8, 4) is 0 Å². The van der Waals surface area contributed by atoms with Crippen LogP contribution in [0.5, 0.6) is 0 Å². The summed E-state index contributed by atoms with van der Waals surface area (Å²) >= 11 is 2.33. The first-order valence-corrected chi connectivity index (χ1v) is 14.5. The molecule has 6 nitrogen and oxygen atoms in total. The van der Waals surface area contributed by atoms with Gasteiger partial charge in [-0.2, -0.15) is 0 Å². The van der Waals surface area contributed by atoms with Gasteiger partial charge in [-0.25, -0.2) is 4.79 Å². The van der Waals surface area contributed by atoms with E-state index in [1.807, 2.05) is 32.0 Å². The second-order valence-corrected chi connectivity index (χ2v) is 16.3. The zero-order chi connectivity index (χ0) is 22.3. The highest BCUT2D eigenvalue weighted by Gasteiger charge is 2.58. The molecule has 0 aromatic heterocycles. The van der Waals surface area contributed by atoms with Crippen LogP contribution in [0.1, 0.15) is 45.0 Å². The minimum absolute atomic E-state index is 0.0220. The molecule has 2 aliphatic rings. The Morgan fingerprint density at radius 1 is 1.20 bits per heavy atom. The SMILES string of the molecule is CC1(C)O[C@H]2O[C@H]([C@H](I)CO[Si](C)(C)C(C)(C)C)[C@@H](OC(=O)c3ccccc3)[C@H]2O1. The summed E-state index contributed by atoms with van der Waals surface area (Å²) in [4.78, 5) is 12.8. The monoisotopic (exact) mass is 548 g/mol. The van der Waals surface area contributed by atoms with Crippen molar-refractivity contribution < 1.29 is 28.2 Å². The minimum atomic E-state index is -1.91. The lowest BCUT2D eigenvalue weighted by molar-refractivity contribution is -0.214. The molecule has 0 aliphatic carbocycles. The molecule has 0 spiro atoms. The van der Waals surface area contributed by atoms with Crippen molar-refractivity contribution in [2.75, 3.05) is 6.61 Å². The third-order valence-electron chi connectivity index (χ3n) is 6.05. The smallest absolute Gasteiger partial charge is 0.338 e. The van der Waals surface area contributed by atoms with Gasteiger partial charge in [0.2, 0.25) is 0 Å². The maximum atomic E-state index is 12.8. The molecule has 0 unspecified atom stereocenters. The average molecular weight is 548 g/mol. The third kappa shape index (κ3) is 5.27. The van der Waals surface area contributed by atoms with Crippen LogP contribution in [0.2, 0.25) is 18.1 Å². The second kappa shape index (κ2) is 8.78. The van der Waals surface area contributed by atoms with Gasteiger partial charge in [-0.05, 0) is 44.1 Å². The van der Waals surface area contributed by atoms with Gasteiger partial charge in [0.15, 0.2) is 32.6 Å². The molecule has 168 valence electrons. The summed E-state index contributed by atoms with van der Waals surface area (Å²) in [6, 6.07) is 8.97. The standard InChI is InChI=1S/C22H33IO6Si/c1-21(2,3)30(6,7)25-13-15(23)16-17(18-20(27-16)29-22(4,5)28-18)26-19(24)14-11-9-8-10-12-14/h8-12,15-18,20H,13H2,1-7H3/t15-,16-,17-,18-,20-/m1/s1. The molecule has 3 rings (SSSR count). The summed E-state index contributed by atoms with van der Waals surface area (Å²) in [6.07, 6.45) is -1.99. The Hall–Kier alpha value is -0.523. The molecule has 2 saturated heterocycles. The zero-order valence-corrected chi connectivity index (χ0v) is 22.0. The van der Waals surface area contributed by atoms with Crippen LogP contribution in [-0.2, 0) is 23.4 Å². The van der Waals surface area contributed by atoms with E-state index in [9.17, 15) is 4.79 Å². The first kappa shape index (κ1) is 24.1. The molecule has 2 fully saturated rings. The molecule has 5 atom stereocenters. The summed E-state index contributed by atoms with van der Waals surface area (Å²) in [6.45, 7) is 15.3. The Bertz CT molecular complexity index is 748. The molecule has 2 heterocycles. The van der Waals surface area contributed by atoms with Crippen molar-refractivity contribution in [3.63, 3.8) is 0 Å². The van der Waals surface area contributed by atoms with E-state index < -0.39 is 38.6 Å². The van der Waals surface area contributed by atoms with Crippen LogP contribution in [-0.4, -0.2) is 55.2 Å². The Labute approximate surface area is 194 Å². The predicted molar refractivity (Wildman–Crippen MR) is 125 cm³/mol. The summed E-state index contributed by atoms with van der Waals surface area (Å²) in [5.41, 5.74) is 0.500. The fourth-order valence-electron chi connectivity index (χ4n) is 3.29. The van der Waals surface area contributed by atoms with E-state index in [0.717, 1.165) is 0 Å². The minimum Gasteiger partial charge on any atom is -0.453 e. The number of halogens is 1. The van der Waals surface area contributed by atoms with Crippen LogP contribution in [0, 0.1) is 0 Å². The number of rotatable bonds is 6. The maximum absolute atomic E-state index is 12.8. The Morgan fingerprint density at radius 3 is 2.43 bits per heavy atom. The van der Waals surface area contributed by atoms with Gasteiger partial charge in [-0.1, -0.05) is 61.6 Å². The van der Waals surface area contributed by atoms with Crippen LogP contribution in [0.3, 0.4) is 0 Å². The second-order valence-electron chi connectivity index (χ2n) is 9.89. The van der Waals surface area contributed by atoms with E-state index in [-0.39, 0.29) is 15.1 Å². The van der Waals surface area contributed by atoms with Gasteiger partial charge in [0, 0.05) is 6.61 Å². The molecule has 1 aromatic carbocycles. The van der Waals surface area contributed by atoms with E-state index in [0.29, 0.717) is 12.2 Å². The molecule has 1 aromatic rings. The summed E-state index contributed by atoms with van der Waals surface area (Å²) < 4.78 is 30.4. The number of carbonyl (C=O) groups is 1. The van der Waals surface area contributed by atoms with E-state index in [1.165, 1.54) is 0 Å². The number of esters is 1. The lowest BCUT2D eigenvalue weighted by Gasteiger charge is -2.37. The number of hydrogen-bond acceptors (Lipinski definition) is 6. The number of ether oxygens (including phenoxy) is 4. The molecule has 0 N–H and O–H groups in total. The highest BCUT2D eigenvalue weighted by atomic mass is 127. The van der Waals surface area contributed by atoms with E-state index in [2.05, 4.69) is 56.5 Å². The fraction of sp³-hybridized carbons (Fsp3) is 0.682. The number of benzene rings is 1. The average Bonchev–Trinajstić information content (AvgIpc) is 3.12. The molecule has 30 heavy (non-hydrogen) atoms. The molecule has 0 radical (unpaired) electrons. The molecule has 0 amide bonds. The first-order chi connectivity index (χ1) is 13.8. The van der Waals surface area contributed by atoms with Gasteiger partial charge in [0.25, 0.3) is 0 Å². The van der Waals surface area contributed by atoms with Gasteiger partial charge in [-0.15, -0.1) is 0 Å². The Balaban J connectivity index is 1.74. The molecular weight excluding hydrogens is 515 g/mol. The number of carbonyl (C=O) groups excluding carboxylic acids is 1. The van der Waals surface area contributed by atoms with Crippen LogP contribution < -0.4 is 0 Å². The number of alkyl halides is 1. The zero-order valence-electron chi connectivity index (χ0n) is 18.8. The lowest BCUT2D eigenvalue weighted by atomic mass is 10.1. The lowest BCUT2D eigenvalue weighted by Crippen LogP contribution is -2.46. The van der Waals surface area contributed by atoms with Crippen LogP contribution >= 0.6 is 22.6 Å². The van der Waals surface area contributed by atoms with Crippen molar-refractivity contribution in [1.29, 1.82) is 0 Å². The third-order valence-corrected chi connectivity index (χ3v) is 11.6. The van der Waals surface area contributed by atoms with Crippen LogP contribution in [0.15, 0.2) is 30.3 Å². The topological polar surface area (TPSA) is 63.2 Å². The van der Waals surface area contributed by atoms with E-state index in [1.54, 1.807) is 12.1 Å². The predicted octanol–water partition coefficient (Wildman–Crippen LogP) is 4.91. The number of hydrogen-bond donors (Lipinski definition) is 0. The van der Waals surface area contributed by atoms with Crippen molar-refractivity contribution in [2.24, 2.45) is 0 Å². The Kier molecular flexibility index (Phi) is 7.06. The van der Waals surface area contributed by atoms with Gasteiger partial charge >= 0.3 is 5.97 Å². The quantitative estimate of drug-likeness (QED) is 0.218. The van der Waals surface area contributed by atoms with E-state index in [4.69, 9.17) is 23.4 Å². The molecule has 0 bridgehead atoms. The van der Waals surface area contributed by atoms with Crippen LogP contribution in [0.25, 0.3) is 0 Å². The highest BCUT2D eigenvalue weighted by Crippen LogP contribution is 2.42. The highest BCUT2D eigenvalue weighted by molar-refractivity contribution is 14.1. The van der Waals surface area contributed by atoms with Crippen molar-refractivity contribution in [3.05, 3.63) is 35.9 Å². The number of fused-ring (bicyclic) bond motifs is 1. The maximum Gasteiger partial charge on any atom is 0.338 e. The van der Waals surface area contributed by atoms with Gasteiger partial charge < -0.3 is 23.4 Å². The normalized spacial score (nSPS) is 29.5. The Morgan fingerprint density at radius 2 is 1.83 bits per heavy atom. The summed E-state index contributed by atoms with van der Waals surface area (Å²) in [7, 11) is -1.91. The van der Waals surface area contributed by atoms with Crippen molar-refractivity contribution >= 4 is 36.9 Å². The summed E-state index contributed by atoms with van der Waals surface area (Å²) in [5.74, 6) is -1.17. The first-order valence-electron chi connectivity index (χ1n) is 10.4. The van der Waals surface area contributed by atoms with Gasteiger partial charge in [-0.3, -0.25) is 0 Å². The van der Waals surface area contributed by atoms with Gasteiger partial charge in [0.1, 0.15) is 6.10 Å². The summed E-state index contributed by atoms with van der Waals surface area (Å²) in [5, 5.41) is 0.117. The van der Waals surface area contributed by atoms with Crippen LogP contribution in [0.4, 0.5) is 0 Å². The largest absolute Gasteiger partial charge is 0.453 e. The van der Waals surface area contributed by atoms with E-state index >= 15 is 0 Å². The molecule has 2 aliphatic heterocycles. The molecular formula is C22H33IO6Si. The molecule has 0 saturated carbocycles. The van der Waals surface area contributed by atoms with Gasteiger partial charge in [0.05, 0.1) is 9.49 Å². The molecule has 8 heteroatoms. The fourth-order valence-corrected chi connectivity index (χ4v) is 5.42.